The molecular formula is C14H10ClF3O2. The summed E-state index contributed by atoms with van der Waals surface area (Å²) < 4.78 is 36.1. The summed E-state index contributed by atoms with van der Waals surface area (Å²) in [5.74, 6) is 3.06. The summed E-state index contributed by atoms with van der Waals surface area (Å²) in [5.41, 5.74) is 0.666. The van der Waals surface area contributed by atoms with E-state index < -0.39 is 24.2 Å². The van der Waals surface area contributed by atoms with Crippen LogP contribution in [-0.4, -0.2) is 23.6 Å². The fraction of sp³-hybridized carbons (Fsp3) is 0.286. The summed E-state index contributed by atoms with van der Waals surface area (Å²) >= 11 is 5.45. The van der Waals surface area contributed by atoms with E-state index in [1.54, 1.807) is 0 Å². The van der Waals surface area contributed by atoms with Gasteiger partial charge in [-0.2, -0.15) is 13.2 Å². The van der Waals surface area contributed by atoms with Crippen molar-refractivity contribution in [3.05, 3.63) is 35.4 Å². The summed E-state index contributed by atoms with van der Waals surface area (Å²) in [4.78, 5) is 22.2. The molecule has 1 aromatic carbocycles. The monoisotopic (exact) mass is 302 g/mol. The molecule has 0 unspecified atom stereocenters. The van der Waals surface area contributed by atoms with E-state index in [0.29, 0.717) is 17.9 Å². The van der Waals surface area contributed by atoms with Gasteiger partial charge in [0.25, 0.3) is 0 Å². The highest BCUT2D eigenvalue weighted by Gasteiger charge is 2.39. The lowest BCUT2D eigenvalue weighted by Gasteiger charge is -2.04. The number of rotatable bonds is 4. The normalized spacial score (nSPS) is 10.6. The molecule has 1 aromatic rings. The van der Waals surface area contributed by atoms with Gasteiger partial charge < -0.3 is 0 Å². The lowest BCUT2D eigenvalue weighted by molar-refractivity contribution is -0.170. The van der Waals surface area contributed by atoms with E-state index in [4.69, 9.17) is 11.6 Å². The molecule has 0 saturated carbocycles. The van der Waals surface area contributed by atoms with Gasteiger partial charge in [-0.05, 0) is 12.1 Å². The Labute approximate surface area is 118 Å². The molecular weight excluding hydrogens is 293 g/mol. The van der Waals surface area contributed by atoms with Crippen molar-refractivity contribution >= 4 is 23.2 Å². The van der Waals surface area contributed by atoms with Gasteiger partial charge in [0.2, 0.25) is 5.78 Å². The molecule has 106 valence electrons. The average Bonchev–Trinajstić information content (AvgIpc) is 2.38. The second-order valence-electron chi connectivity index (χ2n) is 3.84. The van der Waals surface area contributed by atoms with Crippen LogP contribution in [0.1, 0.15) is 28.8 Å². The maximum Gasteiger partial charge on any atom is 0.450 e. The van der Waals surface area contributed by atoms with E-state index in [-0.39, 0.29) is 5.56 Å². The van der Waals surface area contributed by atoms with Crippen LogP contribution in [0.2, 0.25) is 0 Å². The van der Waals surface area contributed by atoms with E-state index in [1.165, 1.54) is 24.3 Å². The van der Waals surface area contributed by atoms with Crippen molar-refractivity contribution < 1.29 is 22.8 Å². The van der Waals surface area contributed by atoms with E-state index in [0.717, 1.165) is 0 Å². The van der Waals surface area contributed by atoms with Gasteiger partial charge in [0.15, 0.2) is 5.78 Å². The molecule has 0 N–H and O–H groups in total. The van der Waals surface area contributed by atoms with Crippen molar-refractivity contribution in [2.75, 3.05) is 5.88 Å². The quantitative estimate of drug-likeness (QED) is 0.370. The molecule has 0 aliphatic rings. The van der Waals surface area contributed by atoms with Crippen molar-refractivity contribution in [2.45, 2.75) is 19.0 Å². The van der Waals surface area contributed by atoms with Crippen LogP contribution >= 0.6 is 11.6 Å². The van der Waals surface area contributed by atoms with Crippen LogP contribution in [0.4, 0.5) is 13.2 Å². The lowest BCUT2D eigenvalue weighted by Crippen LogP contribution is -2.25. The van der Waals surface area contributed by atoms with Gasteiger partial charge in [0.05, 0.1) is 6.42 Å². The highest BCUT2D eigenvalue weighted by atomic mass is 35.5. The molecule has 0 radical (unpaired) electrons. The van der Waals surface area contributed by atoms with Crippen LogP contribution in [0.25, 0.3) is 0 Å². The first-order valence-electron chi connectivity index (χ1n) is 5.62. The molecule has 6 heteroatoms. The Morgan fingerprint density at radius 3 is 2.25 bits per heavy atom. The highest BCUT2D eigenvalue weighted by molar-refractivity contribution is 6.18. The van der Waals surface area contributed by atoms with Gasteiger partial charge in [-0.1, -0.05) is 24.0 Å². The van der Waals surface area contributed by atoms with Gasteiger partial charge in [-0.3, -0.25) is 9.59 Å². The zero-order chi connectivity index (χ0) is 15.2. The molecule has 0 heterocycles. The Balaban J connectivity index is 2.72. The Hall–Kier alpha value is -1.80. The summed E-state index contributed by atoms with van der Waals surface area (Å²) in [5, 5.41) is 0. The van der Waals surface area contributed by atoms with Crippen molar-refractivity contribution in [1.82, 2.24) is 0 Å². The second-order valence-corrected chi connectivity index (χ2v) is 4.22. The average molecular weight is 303 g/mol. The minimum Gasteiger partial charge on any atom is -0.294 e. The predicted molar refractivity (Wildman–Crippen MR) is 68.7 cm³/mol. The van der Waals surface area contributed by atoms with Crippen LogP contribution in [0.3, 0.4) is 0 Å². The molecule has 0 spiro atoms. The van der Waals surface area contributed by atoms with Gasteiger partial charge in [-0.15, -0.1) is 11.6 Å². The molecule has 2 nitrogen and oxygen atoms in total. The molecule has 0 fully saturated rings. The Bertz CT molecular complexity index is 551. The lowest BCUT2D eigenvalue weighted by atomic mass is 10.0. The number of carbonyl (C=O) groups excluding carboxylic acids is 2. The van der Waals surface area contributed by atoms with Gasteiger partial charge >= 0.3 is 6.18 Å². The first-order valence-corrected chi connectivity index (χ1v) is 6.16. The fourth-order valence-electron chi connectivity index (χ4n) is 1.30. The number of alkyl halides is 4. The van der Waals surface area contributed by atoms with Crippen LogP contribution in [-0.2, 0) is 4.79 Å². The summed E-state index contributed by atoms with van der Waals surface area (Å²) in [6.45, 7) is 0. The molecule has 0 aliphatic heterocycles. The minimum atomic E-state index is -4.98. The molecule has 0 aromatic heterocycles. The van der Waals surface area contributed by atoms with Crippen molar-refractivity contribution in [3.63, 3.8) is 0 Å². The second kappa shape index (κ2) is 7.11. The molecule has 0 amide bonds. The molecule has 0 bridgehead atoms. The zero-order valence-electron chi connectivity index (χ0n) is 10.3. The third-order valence-electron chi connectivity index (χ3n) is 2.30. The molecule has 0 saturated heterocycles. The summed E-state index contributed by atoms with van der Waals surface area (Å²) in [6.07, 6.45) is -5.65. The van der Waals surface area contributed by atoms with Crippen molar-refractivity contribution in [2.24, 2.45) is 0 Å². The van der Waals surface area contributed by atoms with E-state index >= 15 is 0 Å². The zero-order valence-corrected chi connectivity index (χ0v) is 11.0. The first-order chi connectivity index (χ1) is 9.34. The first kappa shape index (κ1) is 16.3. The molecule has 20 heavy (non-hydrogen) atoms. The predicted octanol–water partition coefficient (Wildman–Crippen LogP) is 3.37. The Kier molecular flexibility index (Phi) is 5.78. The number of ketones is 2. The number of hydrogen-bond acceptors (Lipinski definition) is 2. The maximum absolute atomic E-state index is 12.0. The van der Waals surface area contributed by atoms with Gasteiger partial charge in [0.1, 0.15) is 0 Å². The minimum absolute atomic E-state index is 0.0468. The third-order valence-corrected chi connectivity index (χ3v) is 2.49. The number of halogens is 4. The maximum atomic E-state index is 12.0. The fourth-order valence-corrected chi connectivity index (χ4v) is 1.39. The Morgan fingerprint density at radius 1 is 1.15 bits per heavy atom. The van der Waals surface area contributed by atoms with E-state index in [9.17, 15) is 22.8 Å². The van der Waals surface area contributed by atoms with Crippen LogP contribution < -0.4 is 0 Å². The van der Waals surface area contributed by atoms with Gasteiger partial charge in [0, 0.05) is 23.4 Å². The molecule has 0 atom stereocenters. The van der Waals surface area contributed by atoms with Crippen molar-refractivity contribution in [1.29, 1.82) is 0 Å². The van der Waals surface area contributed by atoms with E-state index in [1.807, 2.05) is 0 Å². The summed E-state index contributed by atoms with van der Waals surface area (Å²) in [7, 11) is 0. The third kappa shape index (κ3) is 5.06. The van der Waals surface area contributed by atoms with Gasteiger partial charge in [-0.25, -0.2) is 0 Å². The molecule has 1 rings (SSSR count). The number of benzene rings is 1. The Morgan fingerprint density at radius 2 is 1.75 bits per heavy atom. The SMILES string of the molecule is O=C(CC(=O)C(F)(F)F)c1ccc(C#CCCCl)cc1. The topological polar surface area (TPSA) is 34.1 Å². The number of Topliss-reactive ketones (excluding diaryl/α,β-unsaturated/α-hetero) is 2. The smallest absolute Gasteiger partial charge is 0.294 e. The van der Waals surface area contributed by atoms with Crippen LogP contribution in [0.15, 0.2) is 24.3 Å². The molecule has 0 aliphatic carbocycles. The van der Waals surface area contributed by atoms with Crippen LogP contribution in [0, 0.1) is 11.8 Å². The number of hydrogen-bond donors (Lipinski definition) is 0. The summed E-state index contributed by atoms with van der Waals surface area (Å²) in [6, 6.07) is 5.70. The van der Waals surface area contributed by atoms with E-state index in [2.05, 4.69) is 11.8 Å². The van der Waals surface area contributed by atoms with Crippen LogP contribution in [0.5, 0.6) is 0 Å². The largest absolute Gasteiger partial charge is 0.450 e. The van der Waals surface area contributed by atoms with Crippen molar-refractivity contribution in [3.8, 4) is 11.8 Å². The standard InChI is InChI=1S/C14H10ClF3O2/c15-8-2-1-3-10-4-6-11(7-5-10)12(19)9-13(20)14(16,17)18/h4-7H,2,8-9H2. The number of carbonyl (C=O) groups is 2. The highest BCUT2D eigenvalue weighted by Crippen LogP contribution is 2.19.